The summed E-state index contributed by atoms with van der Waals surface area (Å²) in [6, 6.07) is 15.1. The zero-order valence-corrected chi connectivity index (χ0v) is 18.3. The van der Waals surface area contributed by atoms with Crippen molar-refractivity contribution in [2.45, 2.75) is 52.4 Å². The SMILES string of the molecule is COC(=O)C(C#N)=C(c1ccccc1)c1cc(C(C)(C)C)c(O)c(C(C)(C)C)c1. The van der Waals surface area contributed by atoms with Crippen molar-refractivity contribution in [3.63, 3.8) is 0 Å². The number of hydrogen-bond acceptors (Lipinski definition) is 4. The second-order valence-corrected chi connectivity index (χ2v) is 9.14. The number of esters is 1. The fourth-order valence-electron chi connectivity index (χ4n) is 3.29. The second-order valence-electron chi connectivity index (χ2n) is 9.14. The Bertz CT molecular complexity index is 946. The molecule has 2 aromatic rings. The Labute approximate surface area is 173 Å². The van der Waals surface area contributed by atoms with Gasteiger partial charge in [-0.3, -0.25) is 0 Å². The molecule has 0 heterocycles. The lowest BCUT2D eigenvalue weighted by Crippen LogP contribution is -2.18. The molecule has 0 aliphatic carbocycles. The largest absolute Gasteiger partial charge is 0.507 e. The van der Waals surface area contributed by atoms with Crippen molar-refractivity contribution < 1.29 is 14.6 Å². The predicted octanol–water partition coefficient (Wildman–Crippen LogP) is 5.49. The van der Waals surface area contributed by atoms with Crippen molar-refractivity contribution in [1.82, 2.24) is 0 Å². The number of rotatable bonds is 3. The number of methoxy groups -OCH3 is 1. The number of nitriles is 1. The molecule has 0 radical (unpaired) electrons. The van der Waals surface area contributed by atoms with E-state index in [1.54, 1.807) is 0 Å². The summed E-state index contributed by atoms with van der Waals surface area (Å²) in [7, 11) is 1.26. The van der Waals surface area contributed by atoms with Crippen LogP contribution in [0, 0.1) is 11.3 Å². The summed E-state index contributed by atoms with van der Waals surface area (Å²) in [6.07, 6.45) is 0. The van der Waals surface area contributed by atoms with Crippen molar-refractivity contribution >= 4 is 11.5 Å². The molecule has 152 valence electrons. The summed E-state index contributed by atoms with van der Waals surface area (Å²) in [5, 5.41) is 20.8. The molecule has 4 heteroatoms. The molecule has 2 aromatic carbocycles. The topological polar surface area (TPSA) is 70.3 Å². The van der Waals surface area contributed by atoms with Gasteiger partial charge in [0.15, 0.2) is 0 Å². The van der Waals surface area contributed by atoms with Crippen LogP contribution >= 0.6 is 0 Å². The maximum absolute atomic E-state index is 12.4. The van der Waals surface area contributed by atoms with E-state index in [-0.39, 0.29) is 22.2 Å². The van der Waals surface area contributed by atoms with Crippen LogP contribution < -0.4 is 0 Å². The highest BCUT2D eigenvalue weighted by molar-refractivity contribution is 6.05. The average molecular weight is 392 g/mol. The molecule has 0 bridgehead atoms. The molecule has 0 aliphatic heterocycles. The highest BCUT2D eigenvalue weighted by Crippen LogP contribution is 2.42. The third kappa shape index (κ3) is 4.68. The number of benzene rings is 2. The van der Waals surface area contributed by atoms with Gasteiger partial charge in [-0.15, -0.1) is 0 Å². The maximum Gasteiger partial charge on any atom is 0.349 e. The summed E-state index contributed by atoms with van der Waals surface area (Å²) in [6.45, 7) is 12.1. The minimum absolute atomic E-state index is 0.0656. The van der Waals surface area contributed by atoms with E-state index in [0.29, 0.717) is 11.1 Å². The molecule has 0 aliphatic rings. The minimum atomic E-state index is -0.686. The Morgan fingerprint density at radius 1 is 0.931 bits per heavy atom. The lowest BCUT2D eigenvalue weighted by Gasteiger charge is -2.29. The number of phenols is 1. The normalized spacial score (nSPS) is 12.8. The molecule has 0 amide bonds. The first-order valence-electron chi connectivity index (χ1n) is 9.58. The van der Waals surface area contributed by atoms with Crippen molar-refractivity contribution in [2.24, 2.45) is 0 Å². The van der Waals surface area contributed by atoms with Gasteiger partial charge < -0.3 is 9.84 Å². The molecule has 0 atom stereocenters. The molecule has 0 unspecified atom stereocenters. The number of nitrogens with zero attached hydrogens (tertiary/aromatic N) is 1. The molecule has 0 saturated heterocycles. The van der Waals surface area contributed by atoms with Gasteiger partial charge >= 0.3 is 5.97 Å². The van der Waals surface area contributed by atoms with E-state index in [1.807, 2.05) is 90.1 Å². The number of hydrogen-bond donors (Lipinski definition) is 1. The highest BCUT2D eigenvalue weighted by atomic mass is 16.5. The van der Waals surface area contributed by atoms with Gasteiger partial charge in [-0.05, 0) is 34.1 Å². The Kier molecular flexibility index (Phi) is 6.23. The second kappa shape index (κ2) is 8.13. The van der Waals surface area contributed by atoms with Gasteiger partial charge in [-0.2, -0.15) is 5.26 Å². The van der Waals surface area contributed by atoms with Gasteiger partial charge in [-0.25, -0.2) is 4.79 Å². The van der Waals surface area contributed by atoms with E-state index in [0.717, 1.165) is 16.7 Å². The van der Waals surface area contributed by atoms with E-state index in [4.69, 9.17) is 4.74 Å². The maximum atomic E-state index is 12.4. The standard InChI is InChI=1S/C25H29NO3/c1-24(2,3)19-13-17(14-20(22(19)27)25(4,5)6)21(16-11-9-8-10-12-16)18(15-26)23(28)29-7/h8-14,27H,1-7H3. The molecule has 29 heavy (non-hydrogen) atoms. The van der Waals surface area contributed by atoms with E-state index in [1.165, 1.54) is 7.11 Å². The molecule has 0 fully saturated rings. The zero-order chi connectivity index (χ0) is 22.0. The van der Waals surface area contributed by atoms with Crippen LogP contribution in [-0.4, -0.2) is 18.2 Å². The fourth-order valence-corrected chi connectivity index (χ4v) is 3.29. The van der Waals surface area contributed by atoms with Crippen LogP contribution in [0.25, 0.3) is 5.57 Å². The van der Waals surface area contributed by atoms with Gasteiger partial charge in [0.05, 0.1) is 7.11 Å². The lowest BCUT2D eigenvalue weighted by atomic mass is 9.77. The molecule has 0 saturated carbocycles. The fraction of sp³-hybridized carbons (Fsp3) is 0.360. The van der Waals surface area contributed by atoms with Crippen LogP contribution in [0.2, 0.25) is 0 Å². The minimum Gasteiger partial charge on any atom is -0.507 e. The van der Waals surface area contributed by atoms with Crippen LogP contribution in [0.3, 0.4) is 0 Å². The average Bonchev–Trinajstić information content (AvgIpc) is 2.64. The molecule has 4 nitrogen and oxygen atoms in total. The molecular weight excluding hydrogens is 362 g/mol. The van der Waals surface area contributed by atoms with Crippen LogP contribution in [0.1, 0.15) is 63.8 Å². The number of aromatic hydroxyl groups is 1. The predicted molar refractivity (Wildman–Crippen MR) is 116 cm³/mol. The Morgan fingerprint density at radius 3 is 1.79 bits per heavy atom. The van der Waals surface area contributed by atoms with E-state index in [2.05, 4.69) is 0 Å². The number of carbonyl (C=O) groups excluding carboxylic acids is 1. The summed E-state index contributed by atoms with van der Waals surface area (Å²) < 4.78 is 4.88. The summed E-state index contributed by atoms with van der Waals surface area (Å²) in [5.41, 5.74) is 2.72. The van der Waals surface area contributed by atoms with Crippen molar-refractivity contribution in [2.75, 3.05) is 7.11 Å². The van der Waals surface area contributed by atoms with E-state index in [9.17, 15) is 15.2 Å². The number of phenolic OH excluding ortho intramolecular Hbond substituents is 1. The van der Waals surface area contributed by atoms with Crippen LogP contribution in [0.5, 0.6) is 5.75 Å². The molecule has 0 aromatic heterocycles. The third-order valence-electron chi connectivity index (χ3n) is 4.83. The van der Waals surface area contributed by atoms with Gasteiger partial charge in [0.25, 0.3) is 0 Å². The van der Waals surface area contributed by atoms with E-state index >= 15 is 0 Å². The first-order valence-corrected chi connectivity index (χ1v) is 9.58. The van der Waals surface area contributed by atoms with Crippen LogP contribution in [0.15, 0.2) is 48.0 Å². The van der Waals surface area contributed by atoms with E-state index < -0.39 is 5.97 Å². The molecule has 0 spiro atoms. The third-order valence-corrected chi connectivity index (χ3v) is 4.83. The smallest absolute Gasteiger partial charge is 0.349 e. The van der Waals surface area contributed by atoms with Gasteiger partial charge in [0.1, 0.15) is 17.4 Å². The Hall–Kier alpha value is -3.06. The molecule has 1 N–H and O–H groups in total. The highest BCUT2D eigenvalue weighted by Gasteiger charge is 2.29. The molecule has 2 rings (SSSR count). The first kappa shape index (κ1) is 22.2. The number of ether oxygens (including phenoxy) is 1. The number of carbonyl (C=O) groups is 1. The van der Waals surface area contributed by atoms with Crippen molar-refractivity contribution in [3.05, 3.63) is 70.3 Å². The van der Waals surface area contributed by atoms with Crippen molar-refractivity contribution in [3.8, 4) is 11.8 Å². The molecular formula is C25H29NO3. The van der Waals surface area contributed by atoms with Gasteiger partial charge in [0.2, 0.25) is 0 Å². The van der Waals surface area contributed by atoms with Crippen LogP contribution in [-0.2, 0) is 20.4 Å². The Balaban J connectivity index is 3.01. The summed E-state index contributed by atoms with van der Waals surface area (Å²) in [4.78, 5) is 12.4. The van der Waals surface area contributed by atoms with Gasteiger partial charge in [0, 0.05) is 16.7 Å². The van der Waals surface area contributed by atoms with Crippen molar-refractivity contribution in [1.29, 1.82) is 5.26 Å². The quantitative estimate of drug-likeness (QED) is 0.427. The first-order chi connectivity index (χ1) is 13.4. The Morgan fingerprint density at radius 2 is 1.41 bits per heavy atom. The monoisotopic (exact) mass is 391 g/mol. The lowest BCUT2D eigenvalue weighted by molar-refractivity contribution is -0.135. The summed E-state index contributed by atoms with van der Waals surface area (Å²) in [5.74, 6) is -0.438. The van der Waals surface area contributed by atoms with Gasteiger partial charge in [-0.1, -0.05) is 71.9 Å². The zero-order valence-electron chi connectivity index (χ0n) is 18.3. The summed E-state index contributed by atoms with van der Waals surface area (Å²) >= 11 is 0. The van der Waals surface area contributed by atoms with Crippen LogP contribution in [0.4, 0.5) is 0 Å².